The quantitative estimate of drug-likeness (QED) is 0.646. The molecule has 0 radical (unpaired) electrons. The summed E-state index contributed by atoms with van der Waals surface area (Å²) in [6.45, 7) is 6.83. The van der Waals surface area contributed by atoms with Crippen LogP contribution in [0.2, 0.25) is 0 Å². The molecule has 1 saturated heterocycles. The van der Waals surface area contributed by atoms with Crippen LogP contribution in [0.4, 0.5) is 11.8 Å². The molecule has 1 atom stereocenters. The van der Waals surface area contributed by atoms with E-state index in [9.17, 15) is 8.42 Å². The van der Waals surface area contributed by atoms with Gasteiger partial charge < -0.3 is 5.32 Å². The lowest BCUT2D eigenvalue weighted by molar-refractivity contribution is 0.312. The summed E-state index contributed by atoms with van der Waals surface area (Å²) in [6.07, 6.45) is 5.16. The second-order valence-electron chi connectivity index (χ2n) is 8.10. The third-order valence-corrected chi connectivity index (χ3v) is 7.61. The van der Waals surface area contributed by atoms with E-state index in [1.165, 1.54) is 0 Å². The largest absolute Gasteiger partial charge is 0.309 e. The van der Waals surface area contributed by atoms with Gasteiger partial charge in [0.2, 0.25) is 16.0 Å². The van der Waals surface area contributed by atoms with E-state index in [-0.39, 0.29) is 5.92 Å². The molecule has 3 aromatic rings. The van der Waals surface area contributed by atoms with E-state index in [4.69, 9.17) is 0 Å². The molecule has 0 bridgehead atoms. The van der Waals surface area contributed by atoms with Gasteiger partial charge in [-0.1, -0.05) is 12.1 Å². The Kier molecular flexibility index (Phi) is 6.02. The number of sulfonamides is 1. The number of hydrogen-bond acceptors (Lipinski definition) is 6. The van der Waals surface area contributed by atoms with Crippen LogP contribution in [0, 0.1) is 20.8 Å². The van der Waals surface area contributed by atoms with Gasteiger partial charge >= 0.3 is 0 Å². The van der Waals surface area contributed by atoms with Crippen molar-refractivity contribution in [2.75, 3.05) is 18.4 Å². The lowest BCUT2D eigenvalue weighted by atomic mass is 9.96. The first-order chi connectivity index (χ1) is 14.8. The number of nitrogens with zero attached hydrogens (tertiary/aromatic N) is 4. The fraction of sp³-hybridized carbons (Fsp3) is 0.348. The van der Waals surface area contributed by atoms with Gasteiger partial charge in [-0.2, -0.15) is 4.31 Å². The van der Waals surface area contributed by atoms with Crippen LogP contribution in [0.15, 0.2) is 53.7 Å². The minimum Gasteiger partial charge on any atom is -0.309 e. The molecule has 8 heteroatoms. The molecule has 7 nitrogen and oxygen atoms in total. The monoisotopic (exact) mass is 437 g/mol. The van der Waals surface area contributed by atoms with Crippen molar-refractivity contribution in [2.45, 2.75) is 44.4 Å². The highest BCUT2D eigenvalue weighted by Crippen LogP contribution is 2.30. The average molecular weight is 438 g/mol. The van der Waals surface area contributed by atoms with E-state index in [2.05, 4.69) is 20.3 Å². The molecule has 1 fully saturated rings. The second kappa shape index (κ2) is 8.72. The molecule has 3 heterocycles. The topological polar surface area (TPSA) is 88.1 Å². The summed E-state index contributed by atoms with van der Waals surface area (Å²) in [6, 6.07) is 11.0. The molecule has 0 aliphatic carbocycles. The number of benzene rings is 1. The Hall–Kier alpha value is -2.84. The first-order valence-corrected chi connectivity index (χ1v) is 11.9. The van der Waals surface area contributed by atoms with Crippen LogP contribution in [-0.4, -0.2) is 40.8 Å². The minimum absolute atomic E-state index is 0.0181. The smallest absolute Gasteiger partial charge is 0.243 e. The molecule has 1 aliphatic rings. The van der Waals surface area contributed by atoms with E-state index < -0.39 is 10.0 Å². The fourth-order valence-electron chi connectivity index (χ4n) is 3.74. The van der Waals surface area contributed by atoms with Crippen LogP contribution in [0.5, 0.6) is 0 Å². The Labute approximate surface area is 183 Å². The maximum atomic E-state index is 13.2. The van der Waals surface area contributed by atoms with Crippen LogP contribution in [0.1, 0.15) is 41.1 Å². The molecule has 0 amide bonds. The average Bonchev–Trinajstić information content (AvgIpc) is 2.77. The molecule has 0 spiro atoms. The van der Waals surface area contributed by atoms with Crippen LogP contribution in [0.25, 0.3) is 0 Å². The maximum absolute atomic E-state index is 13.2. The molecule has 0 saturated carbocycles. The van der Waals surface area contributed by atoms with Gasteiger partial charge in [-0.15, -0.1) is 0 Å². The van der Waals surface area contributed by atoms with E-state index in [0.717, 1.165) is 35.2 Å². The summed E-state index contributed by atoms with van der Waals surface area (Å²) in [4.78, 5) is 13.6. The second-order valence-corrected chi connectivity index (χ2v) is 10.0. The standard InChI is InChI=1S/C23H27N5O2S/c1-16-6-9-22(25-14-16)27-23-24-11-10-21(26-23)19-5-4-12-28(15-19)31(29,30)20-8-7-17(2)18(3)13-20/h6-11,13-14,19H,4-5,12,15H2,1-3H3,(H,24,25,26,27)/t19-/m1/s1. The van der Waals surface area contributed by atoms with E-state index in [1.807, 2.05) is 45.0 Å². The van der Waals surface area contributed by atoms with Crippen LogP contribution >= 0.6 is 0 Å². The van der Waals surface area contributed by atoms with Crippen molar-refractivity contribution in [1.29, 1.82) is 0 Å². The van der Waals surface area contributed by atoms with Crippen molar-refractivity contribution in [3.63, 3.8) is 0 Å². The predicted octanol–water partition coefficient (Wildman–Crippen LogP) is 4.11. The Bertz CT molecular complexity index is 1180. The number of anilines is 2. The van der Waals surface area contributed by atoms with Gasteiger partial charge in [0.05, 0.1) is 10.6 Å². The molecule has 4 rings (SSSR count). The predicted molar refractivity (Wildman–Crippen MR) is 121 cm³/mol. The van der Waals surface area contributed by atoms with Crippen LogP contribution in [-0.2, 0) is 10.0 Å². The molecule has 0 unspecified atom stereocenters. The number of pyridine rings is 1. The zero-order valence-electron chi connectivity index (χ0n) is 18.0. The Morgan fingerprint density at radius 2 is 1.87 bits per heavy atom. The van der Waals surface area contributed by atoms with Gasteiger partial charge in [-0.3, -0.25) is 0 Å². The number of nitrogens with one attached hydrogen (secondary N) is 1. The van der Waals surface area contributed by atoms with Crippen LogP contribution in [0.3, 0.4) is 0 Å². The van der Waals surface area contributed by atoms with Crippen molar-refractivity contribution in [3.05, 3.63) is 71.2 Å². The summed E-state index contributed by atoms with van der Waals surface area (Å²) in [7, 11) is -3.54. The molecule has 162 valence electrons. The van der Waals surface area contributed by atoms with E-state index in [0.29, 0.717) is 29.8 Å². The lowest BCUT2D eigenvalue weighted by Gasteiger charge is -2.31. The summed E-state index contributed by atoms with van der Waals surface area (Å²) in [5, 5.41) is 3.12. The zero-order valence-corrected chi connectivity index (χ0v) is 18.9. The first kappa shape index (κ1) is 21.4. The normalized spacial score (nSPS) is 17.5. The van der Waals surface area contributed by atoms with Gasteiger partial charge in [0.25, 0.3) is 0 Å². The van der Waals surface area contributed by atoms with Crippen molar-refractivity contribution < 1.29 is 8.42 Å². The van der Waals surface area contributed by atoms with Crippen LogP contribution < -0.4 is 5.32 Å². The molecule has 1 N–H and O–H groups in total. The van der Waals surface area contributed by atoms with Gasteiger partial charge in [-0.25, -0.2) is 23.4 Å². The van der Waals surface area contributed by atoms with Gasteiger partial charge in [0.1, 0.15) is 5.82 Å². The van der Waals surface area contributed by atoms with Crippen molar-refractivity contribution in [2.24, 2.45) is 0 Å². The number of rotatable bonds is 5. The number of aromatic nitrogens is 3. The third-order valence-electron chi connectivity index (χ3n) is 5.75. The highest BCUT2D eigenvalue weighted by atomic mass is 32.2. The number of aryl methyl sites for hydroxylation is 3. The molecule has 1 aliphatic heterocycles. The fourth-order valence-corrected chi connectivity index (χ4v) is 5.35. The SMILES string of the molecule is Cc1ccc(Nc2nccc([C@@H]3CCCN(S(=O)(=O)c4ccc(C)c(C)c4)C3)n2)nc1. The number of piperidine rings is 1. The lowest BCUT2D eigenvalue weighted by Crippen LogP contribution is -2.39. The molecular formula is C23H27N5O2S. The van der Waals surface area contributed by atoms with Crippen molar-refractivity contribution in [3.8, 4) is 0 Å². The Morgan fingerprint density at radius 3 is 2.61 bits per heavy atom. The Morgan fingerprint density at radius 1 is 1.03 bits per heavy atom. The molecule has 2 aromatic heterocycles. The highest BCUT2D eigenvalue weighted by molar-refractivity contribution is 7.89. The number of hydrogen-bond donors (Lipinski definition) is 1. The van der Waals surface area contributed by atoms with Gasteiger partial charge in [0.15, 0.2) is 0 Å². The molecular weight excluding hydrogens is 410 g/mol. The van der Waals surface area contributed by atoms with Gasteiger partial charge in [0, 0.05) is 31.4 Å². The Balaban J connectivity index is 1.53. The summed E-state index contributed by atoms with van der Waals surface area (Å²) >= 11 is 0. The van der Waals surface area contributed by atoms with Crippen molar-refractivity contribution in [1.82, 2.24) is 19.3 Å². The molecule has 1 aromatic carbocycles. The van der Waals surface area contributed by atoms with E-state index >= 15 is 0 Å². The zero-order chi connectivity index (χ0) is 22.0. The highest BCUT2D eigenvalue weighted by Gasteiger charge is 2.31. The van der Waals surface area contributed by atoms with Gasteiger partial charge in [-0.05, 0) is 74.6 Å². The summed E-state index contributed by atoms with van der Waals surface area (Å²) in [5.41, 5.74) is 3.97. The summed E-state index contributed by atoms with van der Waals surface area (Å²) < 4.78 is 28.1. The third kappa shape index (κ3) is 4.75. The minimum atomic E-state index is -3.54. The van der Waals surface area contributed by atoms with E-state index in [1.54, 1.807) is 28.8 Å². The van der Waals surface area contributed by atoms with Crippen molar-refractivity contribution >= 4 is 21.8 Å². The maximum Gasteiger partial charge on any atom is 0.243 e. The summed E-state index contributed by atoms with van der Waals surface area (Å²) in [5.74, 6) is 1.15. The molecule has 31 heavy (non-hydrogen) atoms. The first-order valence-electron chi connectivity index (χ1n) is 10.4.